The number of carbonyl (C=O) groups is 1. The van der Waals surface area contributed by atoms with Crippen molar-refractivity contribution in [1.82, 2.24) is 0 Å². The largest absolute Gasteiger partial charge is 0.497 e. The zero-order valence-electron chi connectivity index (χ0n) is 12.3. The van der Waals surface area contributed by atoms with Crippen LogP contribution in [0.2, 0.25) is 0 Å². The molecule has 4 nitrogen and oxygen atoms in total. The van der Waals surface area contributed by atoms with Crippen molar-refractivity contribution in [2.24, 2.45) is 0 Å². The third-order valence-electron chi connectivity index (χ3n) is 2.51. The van der Waals surface area contributed by atoms with Crippen LogP contribution in [-0.2, 0) is 16.0 Å². The Balaban J connectivity index is 2.65. The quantitative estimate of drug-likeness (QED) is 0.769. The predicted molar refractivity (Wildman–Crippen MR) is 73.7 cm³/mol. The van der Waals surface area contributed by atoms with Crippen LogP contribution in [0.5, 0.6) is 11.5 Å². The molecular weight excluding hydrogens is 244 g/mol. The van der Waals surface area contributed by atoms with Crippen LogP contribution in [0, 0.1) is 0 Å². The summed E-state index contributed by atoms with van der Waals surface area (Å²) in [5, 5.41) is 0. The highest BCUT2D eigenvalue weighted by molar-refractivity contribution is 5.70. The Labute approximate surface area is 114 Å². The zero-order valence-corrected chi connectivity index (χ0v) is 12.3. The first-order chi connectivity index (χ1) is 8.85. The Morgan fingerprint density at radius 1 is 1.16 bits per heavy atom. The summed E-state index contributed by atoms with van der Waals surface area (Å²) in [5.41, 5.74) is 0.523. The second-order valence-electron chi connectivity index (χ2n) is 5.26. The number of hydrogen-bond acceptors (Lipinski definition) is 4. The molecule has 0 saturated carbocycles. The van der Waals surface area contributed by atoms with Crippen molar-refractivity contribution < 1.29 is 19.0 Å². The standard InChI is InChI=1S/C15H22O4/c1-15(2,3)19-14(16)9-7-11-6-8-12(17-4)10-13(11)18-5/h6,8,10H,7,9H2,1-5H3. The smallest absolute Gasteiger partial charge is 0.306 e. The molecule has 4 heteroatoms. The molecule has 0 heterocycles. The average molecular weight is 266 g/mol. The number of ether oxygens (including phenoxy) is 3. The molecule has 0 fully saturated rings. The molecule has 0 atom stereocenters. The van der Waals surface area contributed by atoms with Crippen LogP contribution in [0.4, 0.5) is 0 Å². The molecular formula is C15H22O4. The fourth-order valence-electron chi connectivity index (χ4n) is 1.69. The highest BCUT2D eigenvalue weighted by Gasteiger charge is 2.16. The van der Waals surface area contributed by atoms with E-state index in [0.29, 0.717) is 12.8 Å². The van der Waals surface area contributed by atoms with Crippen molar-refractivity contribution in [2.75, 3.05) is 14.2 Å². The first-order valence-electron chi connectivity index (χ1n) is 6.28. The lowest BCUT2D eigenvalue weighted by molar-refractivity contribution is -0.154. The van der Waals surface area contributed by atoms with Gasteiger partial charge in [0.15, 0.2) is 0 Å². The first kappa shape index (κ1) is 15.3. The van der Waals surface area contributed by atoms with E-state index in [1.54, 1.807) is 14.2 Å². The number of hydrogen-bond donors (Lipinski definition) is 0. The summed E-state index contributed by atoms with van der Waals surface area (Å²) in [6.45, 7) is 5.58. The molecule has 106 valence electrons. The molecule has 0 bridgehead atoms. The maximum atomic E-state index is 11.7. The van der Waals surface area contributed by atoms with Gasteiger partial charge < -0.3 is 14.2 Å². The molecule has 1 rings (SSSR count). The van der Waals surface area contributed by atoms with Gasteiger partial charge in [0, 0.05) is 12.5 Å². The molecule has 0 saturated heterocycles. The van der Waals surface area contributed by atoms with Crippen LogP contribution >= 0.6 is 0 Å². The van der Waals surface area contributed by atoms with E-state index in [0.717, 1.165) is 17.1 Å². The van der Waals surface area contributed by atoms with Gasteiger partial charge in [0.05, 0.1) is 14.2 Å². The average Bonchev–Trinajstić information content (AvgIpc) is 2.34. The van der Waals surface area contributed by atoms with Crippen molar-refractivity contribution in [2.45, 2.75) is 39.2 Å². The highest BCUT2D eigenvalue weighted by Crippen LogP contribution is 2.25. The SMILES string of the molecule is COc1ccc(CCC(=O)OC(C)(C)C)c(OC)c1. The summed E-state index contributed by atoms with van der Waals surface area (Å²) in [4.78, 5) is 11.7. The number of aryl methyl sites for hydroxylation is 1. The Kier molecular flexibility index (Phi) is 5.21. The third kappa shape index (κ3) is 5.20. The van der Waals surface area contributed by atoms with Crippen LogP contribution < -0.4 is 9.47 Å². The van der Waals surface area contributed by atoms with E-state index < -0.39 is 5.60 Å². The molecule has 0 spiro atoms. The number of benzene rings is 1. The van der Waals surface area contributed by atoms with Gasteiger partial charge in [-0.25, -0.2) is 0 Å². The second kappa shape index (κ2) is 6.45. The lowest BCUT2D eigenvalue weighted by atomic mass is 10.1. The molecule has 0 aliphatic carbocycles. The van der Waals surface area contributed by atoms with Crippen molar-refractivity contribution in [3.8, 4) is 11.5 Å². The minimum absolute atomic E-state index is 0.203. The summed E-state index contributed by atoms with van der Waals surface area (Å²) < 4.78 is 15.7. The Morgan fingerprint density at radius 2 is 1.84 bits per heavy atom. The van der Waals surface area contributed by atoms with Gasteiger partial charge >= 0.3 is 5.97 Å². The summed E-state index contributed by atoms with van der Waals surface area (Å²) >= 11 is 0. The Morgan fingerprint density at radius 3 is 2.37 bits per heavy atom. The van der Waals surface area contributed by atoms with Gasteiger partial charge in [-0.3, -0.25) is 4.79 Å². The third-order valence-corrected chi connectivity index (χ3v) is 2.51. The lowest BCUT2D eigenvalue weighted by Crippen LogP contribution is -2.24. The number of carbonyl (C=O) groups excluding carboxylic acids is 1. The molecule has 1 aromatic carbocycles. The fraction of sp³-hybridized carbons (Fsp3) is 0.533. The molecule has 1 aromatic rings. The second-order valence-corrected chi connectivity index (χ2v) is 5.26. The molecule has 0 unspecified atom stereocenters. The molecule has 0 amide bonds. The topological polar surface area (TPSA) is 44.8 Å². The minimum atomic E-state index is -0.443. The van der Waals surface area contributed by atoms with Gasteiger partial charge in [-0.1, -0.05) is 6.07 Å². The van der Waals surface area contributed by atoms with E-state index in [-0.39, 0.29) is 5.97 Å². The fourth-order valence-corrected chi connectivity index (χ4v) is 1.69. The maximum Gasteiger partial charge on any atom is 0.306 e. The zero-order chi connectivity index (χ0) is 14.5. The molecule has 0 aliphatic heterocycles. The summed E-state index contributed by atoms with van der Waals surface area (Å²) in [6.07, 6.45) is 0.919. The Bertz CT molecular complexity index is 432. The van der Waals surface area contributed by atoms with E-state index in [1.165, 1.54) is 0 Å². The number of methoxy groups -OCH3 is 2. The Hall–Kier alpha value is -1.71. The lowest BCUT2D eigenvalue weighted by Gasteiger charge is -2.19. The van der Waals surface area contributed by atoms with Crippen LogP contribution in [0.15, 0.2) is 18.2 Å². The molecule has 0 radical (unpaired) electrons. The van der Waals surface area contributed by atoms with Crippen molar-refractivity contribution in [3.63, 3.8) is 0 Å². The van der Waals surface area contributed by atoms with E-state index in [9.17, 15) is 4.79 Å². The van der Waals surface area contributed by atoms with Crippen molar-refractivity contribution in [1.29, 1.82) is 0 Å². The van der Waals surface area contributed by atoms with Crippen molar-refractivity contribution in [3.05, 3.63) is 23.8 Å². The van der Waals surface area contributed by atoms with Gasteiger partial charge in [0.2, 0.25) is 0 Å². The number of rotatable bonds is 5. The van der Waals surface area contributed by atoms with Crippen LogP contribution in [0.3, 0.4) is 0 Å². The van der Waals surface area contributed by atoms with Gasteiger partial charge in [0.25, 0.3) is 0 Å². The molecule has 0 N–H and O–H groups in total. The summed E-state index contributed by atoms with van der Waals surface area (Å²) in [5.74, 6) is 1.26. The van der Waals surface area contributed by atoms with E-state index >= 15 is 0 Å². The molecule has 19 heavy (non-hydrogen) atoms. The number of esters is 1. The van der Waals surface area contributed by atoms with Crippen molar-refractivity contribution >= 4 is 5.97 Å². The molecule has 0 aromatic heterocycles. The van der Waals surface area contributed by atoms with Gasteiger partial charge in [-0.05, 0) is 38.8 Å². The predicted octanol–water partition coefficient (Wildman–Crippen LogP) is 2.98. The van der Waals surface area contributed by atoms with E-state index in [1.807, 2.05) is 39.0 Å². The molecule has 0 aliphatic rings. The summed E-state index contributed by atoms with van der Waals surface area (Å²) in [7, 11) is 3.21. The minimum Gasteiger partial charge on any atom is -0.497 e. The van der Waals surface area contributed by atoms with Crippen LogP contribution in [-0.4, -0.2) is 25.8 Å². The van der Waals surface area contributed by atoms with E-state index in [2.05, 4.69) is 0 Å². The van der Waals surface area contributed by atoms with Crippen LogP contribution in [0.25, 0.3) is 0 Å². The normalized spacial score (nSPS) is 11.0. The van der Waals surface area contributed by atoms with Gasteiger partial charge in [-0.15, -0.1) is 0 Å². The summed E-state index contributed by atoms with van der Waals surface area (Å²) in [6, 6.07) is 5.57. The maximum absolute atomic E-state index is 11.7. The van der Waals surface area contributed by atoms with Gasteiger partial charge in [-0.2, -0.15) is 0 Å². The van der Waals surface area contributed by atoms with Gasteiger partial charge in [0.1, 0.15) is 17.1 Å². The van der Waals surface area contributed by atoms with Crippen LogP contribution in [0.1, 0.15) is 32.8 Å². The monoisotopic (exact) mass is 266 g/mol. The first-order valence-corrected chi connectivity index (χ1v) is 6.28. The highest BCUT2D eigenvalue weighted by atomic mass is 16.6. The van der Waals surface area contributed by atoms with E-state index in [4.69, 9.17) is 14.2 Å².